The van der Waals surface area contributed by atoms with E-state index in [4.69, 9.17) is 11.6 Å². The Kier molecular flexibility index (Phi) is 3.34. The molecular weight excluding hydrogens is 232 g/mol. The fourth-order valence-electron chi connectivity index (χ4n) is 1.96. The second kappa shape index (κ2) is 4.76. The third-order valence-electron chi connectivity index (χ3n) is 2.66. The Morgan fingerprint density at radius 1 is 1.06 bits per heavy atom. The molecule has 0 unspecified atom stereocenters. The highest BCUT2D eigenvalue weighted by Crippen LogP contribution is 2.25. The summed E-state index contributed by atoms with van der Waals surface area (Å²) >= 11 is 5.81. The summed E-state index contributed by atoms with van der Waals surface area (Å²) in [5.41, 5.74) is 4.83. The molecule has 0 aliphatic carbocycles. The van der Waals surface area contributed by atoms with Crippen molar-refractivity contribution in [1.29, 1.82) is 0 Å². The van der Waals surface area contributed by atoms with E-state index in [-0.39, 0.29) is 0 Å². The standard InChI is InChI=1S/C14H15ClN2/c1-9-6-10(2)14(11(3)7-9)17-13-5-4-12(15)8-16-13/h4-8H,1-3H3,(H,16,17). The molecule has 0 saturated carbocycles. The van der Waals surface area contributed by atoms with E-state index in [2.05, 4.69) is 43.2 Å². The number of benzene rings is 1. The van der Waals surface area contributed by atoms with Crippen molar-refractivity contribution in [1.82, 2.24) is 4.98 Å². The largest absolute Gasteiger partial charge is 0.340 e. The van der Waals surface area contributed by atoms with Gasteiger partial charge in [0.1, 0.15) is 5.82 Å². The van der Waals surface area contributed by atoms with Crippen LogP contribution in [0.3, 0.4) is 0 Å². The Morgan fingerprint density at radius 3 is 2.24 bits per heavy atom. The van der Waals surface area contributed by atoms with Gasteiger partial charge in [0.05, 0.1) is 5.02 Å². The van der Waals surface area contributed by atoms with Crippen LogP contribution >= 0.6 is 11.6 Å². The third-order valence-corrected chi connectivity index (χ3v) is 2.88. The molecule has 1 N–H and O–H groups in total. The molecule has 0 amide bonds. The van der Waals surface area contributed by atoms with Crippen LogP contribution in [0, 0.1) is 20.8 Å². The summed E-state index contributed by atoms with van der Waals surface area (Å²) in [6.45, 7) is 6.29. The van der Waals surface area contributed by atoms with Gasteiger partial charge in [-0.05, 0) is 44.0 Å². The molecule has 88 valence electrons. The molecule has 1 aromatic heterocycles. The van der Waals surface area contributed by atoms with Crippen LogP contribution in [0.15, 0.2) is 30.5 Å². The van der Waals surface area contributed by atoms with Crippen molar-refractivity contribution in [3.63, 3.8) is 0 Å². The SMILES string of the molecule is Cc1cc(C)c(Nc2ccc(Cl)cn2)c(C)c1. The van der Waals surface area contributed by atoms with Crippen LogP contribution in [0.2, 0.25) is 5.02 Å². The van der Waals surface area contributed by atoms with Crippen molar-refractivity contribution < 1.29 is 0 Å². The fourth-order valence-corrected chi connectivity index (χ4v) is 2.07. The number of hydrogen-bond donors (Lipinski definition) is 1. The summed E-state index contributed by atoms with van der Waals surface area (Å²) in [5, 5.41) is 3.97. The summed E-state index contributed by atoms with van der Waals surface area (Å²) in [7, 11) is 0. The highest BCUT2D eigenvalue weighted by atomic mass is 35.5. The van der Waals surface area contributed by atoms with Gasteiger partial charge in [0.25, 0.3) is 0 Å². The van der Waals surface area contributed by atoms with Crippen LogP contribution in [-0.4, -0.2) is 4.98 Å². The van der Waals surface area contributed by atoms with Gasteiger partial charge in [0, 0.05) is 11.9 Å². The zero-order valence-corrected chi connectivity index (χ0v) is 11.0. The normalized spacial score (nSPS) is 10.4. The van der Waals surface area contributed by atoms with Gasteiger partial charge in [-0.15, -0.1) is 0 Å². The maximum Gasteiger partial charge on any atom is 0.130 e. The van der Waals surface area contributed by atoms with Crippen molar-refractivity contribution >= 4 is 23.1 Å². The molecule has 0 aliphatic heterocycles. The number of halogens is 1. The van der Waals surface area contributed by atoms with Gasteiger partial charge in [-0.25, -0.2) is 4.98 Å². The van der Waals surface area contributed by atoms with Crippen molar-refractivity contribution in [2.75, 3.05) is 5.32 Å². The molecule has 2 nitrogen and oxygen atoms in total. The quantitative estimate of drug-likeness (QED) is 0.849. The number of pyridine rings is 1. The molecule has 1 aromatic carbocycles. The lowest BCUT2D eigenvalue weighted by Gasteiger charge is -2.13. The average Bonchev–Trinajstić information content (AvgIpc) is 2.26. The first-order valence-electron chi connectivity index (χ1n) is 5.52. The van der Waals surface area contributed by atoms with Crippen LogP contribution in [-0.2, 0) is 0 Å². The van der Waals surface area contributed by atoms with Crippen molar-refractivity contribution in [2.45, 2.75) is 20.8 Å². The van der Waals surface area contributed by atoms with E-state index in [1.54, 1.807) is 6.20 Å². The molecule has 0 fully saturated rings. The van der Waals surface area contributed by atoms with Gasteiger partial charge in [-0.1, -0.05) is 29.3 Å². The summed E-state index contributed by atoms with van der Waals surface area (Å²) in [4.78, 5) is 4.24. The molecule has 0 saturated heterocycles. The first kappa shape index (κ1) is 11.9. The Bertz CT molecular complexity index is 509. The summed E-state index contributed by atoms with van der Waals surface area (Å²) in [6, 6.07) is 8.02. The first-order chi connectivity index (χ1) is 8.06. The predicted molar refractivity (Wildman–Crippen MR) is 73.2 cm³/mol. The minimum atomic E-state index is 0.646. The van der Waals surface area contributed by atoms with Crippen molar-refractivity contribution in [3.8, 4) is 0 Å². The van der Waals surface area contributed by atoms with Crippen LogP contribution in [0.4, 0.5) is 11.5 Å². The van der Waals surface area contributed by atoms with Gasteiger partial charge in [0.15, 0.2) is 0 Å². The molecule has 0 aliphatic rings. The Labute approximate surface area is 107 Å². The zero-order chi connectivity index (χ0) is 12.4. The summed E-state index contributed by atoms with van der Waals surface area (Å²) < 4.78 is 0. The molecule has 2 aromatic rings. The van der Waals surface area contributed by atoms with Gasteiger partial charge in [0.2, 0.25) is 0 Å². The number of aromatic nitrogens is 1. The van der Waals surface area contributed by atoms with Crippen LogP contribution < -0.4 is 5.32 Å². The van der Waals surface area contributed by atoms with Crippen LogP contribution in [0.5, 0.6) is 0 Å². The monoisotopic (exact) mass is 246 g/mol. The van der Waals surface area contributed by atoms with E-state index in [1.807, 2.05) is 12.1 Å². The van der Waals surface area contributed by atoms with Crippen LogP contribution in [0.25, 0.3) is 0 Å². The predicted octanol–water partition coefficient (Wildman–Crippen LogP) is 4.40. The lowest BCUT2D eigenvalue weighted by atomic mass is 10.1. The van der Waals surface area contributed by atoms with Crippen molar-refractivity contribution in [3.05, 3.63) is 52.2 Å². The number of rotatable bonds is 2. The molecule has 0 radical (unpaired) electrons. The smallest absolute Gasteiger partial charge is 0.130 e. The van der Waals surface area contributed by atoms with E-state index in [0.717, 1.165) is 11.5 Å². The Balaban J connectivity index is 2.33. The highest BCUT2D eigenvalue weighted by molar-refractivity contribution is 6.30. The fraction of sp³-hybridized carbons (Fsp3) is 0.214. The maximum atomic E-state index is 5.81. The average molecular weight is 247 g/mol. The first-order valence-corrected chi connectivity index (χ1v) is 5.90. The topological polar surface area (TPSA) is 24.9 Å². The molecular formula is C14H15ClN2. The summed E-state index contributed by atoms with van der Waals surface area (Å²) in [6.07, 6.45) is 1.64. The van der Waals surface area contributed by atoms with Gasteiger partial charge in [-0.2, -0.15) is 0 Å². The third kappa shape index (κ3) is 2.77. The highest BCUT2D eigenvalue weighted by Gasteiger charge is 2.04. The van der Waals surface area contributed by atoms with E-state index < -0.39 is 0 Å². The minimum Gasteiger partial charge on any atom is -0.340 e. The van der Waals surface area contributed by atoms with Gasteiger partial charge in [-0.3, -0.25) is 0 Å². The number of anilines is 2. The molecule has 0 spiro atoms. The second-order valence-corrected chi connectivity index (χ2v) is 4.70. The zero-order valence-electron chi connectivity index (χ0n) is 10.2. The second-order valence-electron chi connectivity index (χ2n) is 4.26. The Morgan fingerprint density at radius 2 is 1.71 bits per heavy atom. The summed E-state index contributed by atoms with van der Waals surface area (Å²) in [5.74, 6) is 0.810. The number of aryl methyl sites for hydroxylation is 3. The molecule has 2 rings (SSSR count). The van der Waals surface area contributed by atoms with E-state index >= 15 is 0 Å². The number of nitrogens with zero attached hydrogens (tertiary/aromatic N) is 1. The molecule has 0 bridgehead atoms. The molecule has 0 atom stereocenters. The molecule has 3 heteroatoms. The van der Waals surface area contributed by atoms with Crippen LogP contribution in [0.1, 0.15) is 16.7 Å². The maximum absolute atomic E-state index is 5.81. The Hall–Kier alpha value is -1.54. The van der Waals surface area contributed by atoms with Gasteiger partial charge < -0.3 is 5.32 Å². The minimum absolute atomic E-state index is 0.646. The lowest BCUT2D eigenvalue weighted by molar-refractivity contribution is 1.26. The number of hydrogen-bond acceptors (Lipinski definition) is 2. The van der Waals surface area contributed by atoms with E-state index in [1.165, 1.54) is 16.7 Å². The number of nitrogens with one attached hydrogen (secondary N) is 1. The van der Waals surface area contributed by atoms with E-state index in [0.29, 0.717) is 5.02 Å². The lowest BCUT2D eigenvalue weighted by Crippen LogP contribution is -1.98. The van der Waals surface area contributed by atoms with Crippen molar-refractivity contribution in [2.24, 2.45) is 0 Å². The molecule has 17 heavy (non-hydrogen) atoms. The molecule has 1 heterocycles. The van der Waals surface area contributed by atoms with Gasteiger partial charge >= 0.3 is 0 Å². The van der Waals surface area contributed by atoms with E-state index in [9.17, 15) is 0 Å².